The molecular formula is C19H19NO6S. The van der Waals surface area contributed by atoms with Gasteiger partial charge in [-0.1, -0.05) is 35.9 Å². The standard InChI is InChI=1S/C19H19NO6S/c1-13-7-9-16(10-8-13)27(24,25)26-15-11-17(19(22)23)20(12-15)18(21)14-5-3-2-4-6-14/h2-10,15,17H,11-12H2,1H3,(H,22,23)/t15-,17-/m0/s1. The molecule has 0 saturated carbocycles. The molecule has 2 atom stereocenters. The number of rotatable bonds is 5. The quantitative estimate of drug-likeness (QED) is 0.786. The van der Waals surface area contributed by atoms with Crippen LogP contribution in [0.5, 0.6) is 0 Å². The van der Waals surface area contributed by atoms with E-state index >= 15 is 0 Å². The fourth-order valence-corrected chi connectivity index (χ4v) is 4.09. The van der Waals surface area contributed by atoms with Crippen LogP contribution < -0.4 is 0 Å². The Morgan fingerprint density at radius 3 is 2.30 bits per heavy atom. The molecular weight excluding hydrogens is 370 g/mol. The summed E-state index contributed by atoms with van der Waals surface area (Å²) in [5.74, 6) is -1.67. The number of carbonyl (C=O) groups is 2. The second kappa shape index (κ2) is 7.50. The minimum Gasteiger partial charge on any atom is -0.480 e. The maximum absolute atomic E-state index is 12.6. The molecule has 0 bridgehead atoms. The van der Waals surface area contributed by atoms with Crippen molar-refractivity contribution in [1.29, 1.82) is 0 Å². The Morgan fingerprint density at radius 2 is 1.70 bits per heavy atom. The monoisotopic (exact) mass is 389 g/mol. The van der Waals surface area contributed by atoms with Gasteiger partial charge in [-0.05, 0) is 31.2 Å². The van der Waals surface area contributed by atoms with E-state index in [1.165, 1.54) is 12.1 Å². The van der Waals surface area contributed by atoms with Gasteiger partial charge in [0.25, 0.3) is 16.0 Å². The van der Waals surface area contributed by atoms with Crippen LogP contribution in [0.15, 0.2) is 59.5 Å². The van der Waals surface area contributed by atoms with Crippen molar-refractivity contribution < 1.29 is 27.3 Å². The lowest BCUT2D eigenvalue weighted by molar-refractivity contribution is -0.141. The highest BCUT2D eigenvalue weighted by Crippen LogP contribution is 2.26. The number of carbonyl (C=O) groups excluding carboxylic acids is 1. The molecule has 0 unspecified atom stereocenters. The van der Waals surface area contributed by atoms with Gasteiger partial charge in [0.05, 0.1) is 11.0 Å². The van der Waals surface area contributed by atoms with Gasteiger partial charge in [-0.2, -0.15) is 8.42 Å². The Labute approximate surface area is 157 Å². The number of amides is 1. The van der Waals surface area contributed by atoms with Crippen molar-refractivity contribution in [3.8, 4) is 0 Å². The molecule has 2 aromatic carbocycles. The molecule has 1 aliphatic rings. The van der Waals surface area contributed by atoms with E-state index < -0.39 is 34.1 Å². The first kappa shape index (κ1) is 19.1. The number of aryl methyl sites for hydroxylation is 1. The first-order chi connectivity index (χ1) is 12.8. The van der Waals surface area contributed by atoms with Crippen LogP contribution in [0.25, 0.3) is 0 Å². The molecule has 0 radical (unpaired) electrons. The Hall–Kier alpha value is -2.71. The highest BCUT2D eigenvalue weighted by atomic mass is 32.2. The van der Waals surface area contributed by atoms with Gasteiger partial charge in [0.2, 0.25) is 0 Å². The molecule has 1 saturated heterocycles. The molecule has 27 heavy (non-hydrogen) atoms. The highest BCUT2D eigenvalue weighted by Gasteiger charge is 2.42. The Bertz CT molecular complexity index is 940. The van der Waals surface area contributed by atoms with E-state index in [0.717, 1.165) is 10.5 Å². The zero-order valence-electron chi connectivity index (χ0n) is 14.6. The van der Waals surface area contributed by atoms with Crippen LogP contribution in [-0.2, 0) is 19.1 Å². The lowest BCUT2D eigenvalue weighted by Gasteiger charge is -2.21. The number of hydrogen-bond acceptors (Lipinski definition) is 5. The van der Waals surface area contributed by atoms with Crippen molar-refractivity contribution in [2.24, 2.45) is 0 Å². The molecule has 0 aliphatic carbocycles. The van der Waals surface area contributed by atoms with E-state index in [1.54, 1.807) is 42.5 Å². The fraction of sp³-hybridized carbons (Fsp3) is 0.263. The van der Waals surface area contributed by atoms with E-state index in [2.05, 4.69) is 0 Å². The van der Waals surface area contributed by atoms with Crippen LogP contribution >= 0.6 is 0 Å². The summed E-state index contributed by atoms with van der Waals surface area (Å²) in [6, 6.07) is 13.3. The number of likely N-dealkylation sites (tertiary alicyclic amines) is 1. The average Bonchev–Trinajstić information content (AvgIpc) is 3.05. The second-order valence-electron chi connectivity index (χ2n) is 6.40. The van der Waals surface area contributed by atoms with Gasteiger partial charge >= 0.3 is 5.97 Å². The first-order valence-corrected chi connectivity index (χ1v) is 9.77. The van der Waals surface area contributed by atoms with Gasteiger partial charge < -0.3 is 10.0 Å². The van der Waals surface area contributed by atoms with Crippen LogP contribution in [0, 0.1) is 6.92 Å². The second-order valence-corrected chi connectivity index (χ2v) is 7.97. The molecule has 0 spiro atoms. The van der Waals surface area contributed by atoms with Crippen LogP contribution in [0.3, 0.4) is 0 Å². The predicted octanol–water partition coefficient (Wildman–Crippen LogP) is 2.07. The smallest absolute Gasteiger partial charge is 0.326 e. The minimum absolute atomic E-state index is 0.00666. The first-order valence-electron chi connectivity index (χ1n) is 8.37. The summed E-state index contributed by atoms with van der Waals surface area (Å²) in [4.78, 5) is 25.3. The van der Waals surface area contributed by atoms with Crippen LogP contribution in [0.2, 0.25) is 0 Å². The number of aliphatic carboxylic acids is 1. The van der Waals surface area contributed by atoms with Crippen LogP contribution in [-0.4, -0.2) is 49.0 Å². The lowest BCUT2D eigenvalue weighted by Crippen LogP contribution is -2.40. The zero-order valence-corrected chi connectivity index (χ0v) is 15.4. The van der Waals surface area contributed by atoms with Crippen molar-refractivity contribution in [3.63, 3.8) is 0 Å². The van der Waals surface area contributed by atoms with Gasteiger partial charge in [-0.25, -0.2) is 4.79 Å². The van der Waals surface area contributed by atoms with Crippen molar-refractivity contribution in [2.75, 3.05) is 6.54 Å². The molecule has 8 heteroatoms. The summed E-state index contributed by atoms with van der Waals surface area (Å²) in [6.45, 7) is 1.72. The molecule has 1 amide bonds. The van der Waals surface area contributed by atoms with Crippen molar-refractivity contribution in [3.05, 3.63) is 65.7 Å². The van der Waals surface area contributed by atoms with E-state index in [0.29, 0.717) is 5.56 Å². The van der Waals surface area contributed by atoms with E-state index in [9.17, 15) is 23.1 Å². The SMILES string of the molecule is Cc1ccc(S(=O)(=O)O[C@H]2C[C@@H](C(=O)O)N(C(=O)c3ccccc3)C2)cc1. The third-order valence-corrected chi connectivity index (χ3v) is 5.78. The summed E-state index contributed by atoms with van der Waals surface area (Å²) >= 11 is 0. The Kier molecular flexibility index (Phi) is 5.29. The molecule has 3 rings (SSSR count). The van der Waals surface area contributed by atoms with Crippen molar-refractivity contribution in [1.82, 2.24) is 4.90 Å². The van der Waals surface area contributed by atoms with Gasteiger partial charge in [0.1, 0.15) is 6.04 Å². The maximum atomic E-state index is 12.6. The van der Waals surface area contributed by atoms with E-state index in [1.807, 2.05) is 6.92 Å². The summed E-state index contributed by atoms with van der Waals surface area (Å²) in [6.07, 6.45) is -1.02. The zero-order chi connectivity index (χ0) is 19.6. The minimum atomic E-state index is -4.05. The van der Waals surface area contributed by atoms with Gasteiger partial charge in [0.15, 0.2) is 0 Å². The molecule has 0 aromatic heterocycles. The van der Waals surface area contributed by atoms with Gasteiger partial charge in [0, 0.05) is 18.5 Å². The largest absolute Gasteiger partial charge is 0.480 e. The maximum Gasteiger partial charge on any atom is 0.326 e. The summed E-state index contributed by atoms with van der Waals surface area (Å²) in [5, 5.41) is 9.44. The predicted molar refractivity (Wildman–Crippen MR) is 96.8 cm³/mol. The molecule has 1 N–H and O–H groups in total. The molecule has 142 valence electrons. The molecule has 1 fully saturated rings. The van der Waals surface area contributed by atoms with Gasteiger partial charge in [-0.3, -0.25) is 8.98 Å². The third-order valence-electron chi connectivity index (χ3n) is 4.40. The van der Waals surface area contributed by atoms with Gasteiger partial charge in [-0.15, -0.1) is 0 Å². The molecule has 7 nitrogen and oxygen atoms in total. The normalized spacial score (nSPS) is 19.8. The number of carboxylic acids is 1. The number of benzene rings is 2. The van der Waals surface area contributed by atoms with Crippen molar-refractivity contribution >= 4 is 22.0 Å². The average molecular weight is 389 g/mol. The van der Waals surface area contributed by atoms with E-state index in [-0.39, 0.29) is 17.9 Å². The van der Waals surface area contributed by atoms with Crippen LogP contribution in [0.4, 0.5) is 0 Å². The Balaban J connectivity index is 1.79. The summed E-state index contributed by atoms with van der Waals surface area (Å²) < 4.78 is 30.1. The van der Waals surface area contributed by atoms with Crippen molar-refractivity contribution in [2.45, 2.75) is 30.4 Å². The molecule has 2 aromatic rings. The highest BCUT2D eigenvalue weighted by molar-refractivity contribution is 7.86. The molecule has 1 aliphatic heterocycles. The lowest BCUT2D eigenvalue weighted by atomic mass is 10.1. The van der Waals surface area contributed by atoms with Crippen LogP contribution in [0.1, 0.15) is 22.3 Å². The number of nitrogens with zero attached hydrogens (tertiary/aromatic N) is 1. The Morgan fingerprint density at radius 1 is 1.07 bits per heavy atom. The molecule has 1 heterocycles. The summed E-state index contributed by atoms with van der Waals surface area (Å²) in [7, 11) is -4.05. The number of hydrogen-bond donors (Lipinski definition) is 1. The van der Waals surface area contributed by atoms with E-state index in [4.69, 9.17) is 4.18 Å². The third kappa shape index (κ3) is 4.17. The summed E-state index contributed by atoms with van der Waals surface area (Å²) in [5.41, 5.74) is 1.24. The topological polar surface area (TPSA) is 101 Å². The number of carboxylic acid groups (broad SMARTS) is 1. The fourth-order valence-electron chi connectivity index (χ4n) is 3.01.